The molecule has 0 aromatic heterocycles. The minimum absolute atomic E-state index is 0.456. The van der Waals surface area contributed by atoms with Crippen molar-refractivity contribution in [3.05, 3.63) is 53.6 Å². The van der Waals surface area contributed by atoms with Gasteiger partial charge in [0.05, 0.1) is 0 Å². The maximum absolute atomic E-state index is 11.0. The van der Waals surface area contributed by atoms with E-state index in [4.69, 9.17) is 16.3 Å². The topological polar surface area (TPSA) is 26.3 Å². The van der Waals surface area contributed by atoms with Crippen LogP contribution >= 0.6 is 11.6 Å². The van der Waals surface area contributed by atoms with E-state index >= 15 is 0 Å². The van der Waals surface area contributed by atoms with Crippen molar-refractivity contribution in [2.45, 2.75) is 12.8 Å². The fourth-order valence-electron chi connectivity index (χ4n) is 1.65. The van der Waals surface area contributed by atoms with Gasteiger partial charge in [0, 0.05) is 5.56 Å². The van der Waals surface area contributed by atoms with E-state index in [1.54, 1.807) is 18.2 Å². The van der Waals surface area contributed by atoms with Crippen LogP contribution in [0.5, 0.6) is 5.75 Å². The number of hydrogen-bond donors (Lipinski definition) is 0. The zero-order valence-electron chi connectivity index (χ0n) is 9.36. The minimum atomic E-state index is -0.466. The summed E-state index contributed by atoms with van der Waals surface area (Å²) in [5.41, 5.74) is 1.62. The van der Waals surface area contributed by atoms with Crippen LogP contribution in [0.25, 0.3) is 0 Å². The molecule has 88 valence electrons. The van der Waals surface area contributed by atoms with Crippen molar-refractivity contribution in [1.29, 1.82) is 0 Å². The summed E-state index contributed by atoms with van der Waals surface area (Å²) in [7, 11) is 0. The van der Waals surface area contributed by atoms with Crippen LogP contribution in [-0.2, 0) is 0 Å². The molecule has 1 aromatic carbocycles. The summed E-state index contributed by atoms with van der Waals surface area (Å²) in [4.78, 5) is 11.0. The molecular weight excluding hydrogens is 236 g/mol. The van der Waals surface area contributed by atoms with Gasteiger partial charge >= 0.3 is 0 Å². The Morgan fingerprint density at radius 3 is 2.94 bits per heavy atom. The van der Waals surface area contributed by atoms with Crippen molar-refractivity contribution in [2.24, 2.45) is 0 Å². The molecule has 0 saturated carbocycles. The fourth-order valence-corrected chi connectivity index (χ4v) is 1.77. The lowest BCUT2D eigenvalue weighted by atomic mass is 10.1. The van der Waals surface area contributed by atoms with Crippen LogP contribution in [0.4, 0.5) is 0 Å². The molecule has 3 heteroatoms. The molecule has 2 rings (SSSR count). The lowest BCUT2D eigenvalue weighted by Gasteiger charge is -2.09. The second-order valence-corrected chi connectivity index (χ2v) is 4.19. The van der Waals surface area contributed by atoms with Gasteiger partial charge in [0.15, 0.2) is 0 Å². The van der Waals surface area contributed by atoms with E-state index < -0.39 is 5.24 Å². The summed E-state index contributed by atoms with van der Waals surface area (Å²) in [6, 6.07) is 6.90. The van der Waals surface area contributed by atoms with Gasteiger partial charge in [-0.1, -0.05) is 24.3 Å². The summed E-state index contributed by atoms with van der Waals surface area (Å²) in [5.74, 6) is 0.663. The molecule has 0 fully saturated rings. The zero-order valence-corrected chi connectivity index (χ0v) is 10.1. The smallest absolute Gasteiger partial charge is 0.252 e. The van der Waals surface area contributed by atoms with E-state index in [0.717, 1.165) is 12.8 Å². The minimum Gasteiger partial charge on any atom is -0.489 e. The number of halogens is 1. The number of benzene rings is 1. The quantitative estimate of drug-likeness (QED) is 0.759. The Balaban J connectivity index is 1.99. The molecule has 0 saturated heterocycles. The molecule has 0 atom stereocenters. The maximum atomic E-state index is 11.0. The summed E-state index contributed by atoms with van der Waals surface area (Å²) in [5, 5.41) is -0.466. The van der Waals surface area contributed by atoms with E-state index in [-0.39, 0.29) is 0 Å². The highest BCUT2D eigenvalue weighted by molar-refractivity contribution is 6.67. The van der Waals surface area contributed by atoms with Crippen LogP contribution < -0.4 is 4.74 Å². The number of ether oxygens (including phenoxy) is 1. The Morgan fingerprint density at radius 2 is 2.24 bits per heavy atom. The molecule has 1 aliphatic carbocycles. The van der Waals surface area contributed by atoms with Gasteiger partial charge in [-0.15, -0.1) is 0 Å². The van der Waals surface area contributed by atoms with Crippen LogP contribution in [0.15, 0.2) is 48.1 Å². The highest BCUT2D eigenvalue weighted by atomic mass is 35.5. The average Bonchev–Trinajstić information content (AvgIpc) is 2.38. The van der Waals surface area contributed by atoms with Crippen molar-refractivity contribution < 1.29 is 9.53 Å². The molecule has 2 nitrogen and oxygen atoms in total. The van der Waals surface area contributed by atoms with Crippen LogP contribution in [-0.4, -0.2) is 11.8 Å². The van der Waals surface area contributed by atoms with Gasteiger partial charge in [-0.3, -0.25) is 4.79 Å². The van der Waals surface area contributed by atoms with Gasteiger partial charge < -0.3 is 4.74 Å². The molecule has 0 spiro atoms. The summed E-state index contributed by atoms with van der Waals surface area (Å²) in [6.07, 6.45) is 8.53. The van der Waals surface area contributed by atoms with Crippen molar-refractivity contribution >= 4 is 16.8 Å². The van der Waals surface area contributed by atoms with Crippen LogP contribution in [0.2, 0.25) is 0 Å². The number of carbonyl (C=O) groups excluding carboxylic acids is 1. The number of carbonyl (C=O) groups is 1. The summed E-state index contributed by atoms with van der Waals surface area (Å²) >= 11 is 5.41. The Kier molecular flexibility index (Phi) is 3.99. The molecule has 0 N–H and O–H groups in total. The van der Waals surface area contributed by atoms with Gasteiger partial charge in [-0.05, 0) is 48.2 Å². The first-order chi connectivity index (χ1) is 8.25. The standard InChI is InChI=1S/C14H13ClO2/c15-14(16)12-7-4-8-13(9-12)17-10-11-5-2-1-3-6-11/h2,4-9H,1,3,10H2. The molecule has 0 radical (unpaired) electrons. The molecular formula is C14H13ClO2. The van der Waals surface area contributed by atoms with Crippen molar-refractivity contribution in [3.63, 3.8) is 0 Å². The Bertz CT molecular complexity index is 475. The van der Waals surface area contributed by atoms with E-state index in [0.29, 0.717) is 17.9 Å². The highest BCUT2D eigenvalue weighted by Gasteiger charge is 2.04. The Morgan fingerprint density at radius 1 is 1.35 bits per heavy atom. The third-order valence-corrected chi connectivity index (χ3v) is 2.76. The van der Waals surface area contributed by atoms with E-state index in [9.17, 15) is 4.79 Å². The first-order valence-electron chi connectivity index (χ1n) is 5.54. The van der Waals surface area contributed by atoms with Crippen molar-refractivity contribution in [2.75, 3.05) is 6.61 Å². The van der Waals surface area contributed by atoms with Gasteiger partial charge in [-0.25, -0.2) is 0 Å². The van der Waals surface area contributed by atoms with Gasteiger partial charge in [0.25, 0.3) is 5.24 Å². The lowest BCUT2D eigenvalue weighted by molar-refractivity contribution is 0.108. The van der Waals surface area contributed by atoms with Crippen molar-refractivity contribution in [3.8, 4) is 5.75 Å². The maximum Gasteiger partial charge on any atom is 0.252 e. The van der Waals surface area contributed by atoms with Crippen molar-refractivity contribution in [1.82, 2.24) is 0 Å². The second kappa shape index (κ2) is 5.69. The Labute approximate surface area is 106 Å². The summed E-state index contributed by atoms with van der Waals surface area (Å²) in [6.45, 7) is 0.524. The van der Waals surface area contributed by atoms with E-state index in [1.807, 2.05) is 6.07 Å². The predicted octanol–water partition coefficient (Wildman–Crippen LogP) is 3.72. The number of allylic oxidation sites excluding steroid dienone is 2. The zero-order chi connectivity index (χ0) is 12.1. The molecule has 17 heavy (non-hydrogen) atoms. The molecule has 0 unspecified atom stereocenters. The van der Waals surface area contributed by atoms with Crippen LogP contribution in [0.1, 0.15) is 23.2 Å². The highest BCUT2D eigenvalue weighted by Crippen LogP contribution is 2.17. The van der Waals surface area contributed by atoms with Gasteiger partial charge in [-0.2, -0.15) is 0 Å². The largest absolute Gasteiger partial charge is 0.489 e. The second-order valence-electron chi connectivity index (χ2n) is 3.85. The first-order valence-corrected chi connectivity index (χ1v) is 5.92. The monoisotopic (exact) mass is 248 g/mol. The van der Waals surface area contributed by atoms with Crippen LogP contribution in [0, 0.1) is 0 Å². The molecule has 0 bridgehead atoms. The third-order valence-electron chi connectivity index (χ3n) is 2.54. The van der Waals surface area contributed by atoms with Gasteiger partial charge in [0.2, 0.25) is 0 Å². The first kappa shape index (κ1) is 11.9. The normalized spacial score (nSPS) is 14.3. The SMILES string of the molecule is O=C(Cl)c1cccc(OCC2=CCCC=C2)c1. The molecule has 0 amide bonds. The predicted molar refractivity (Wildman–Crippen MR) is 68.6 cm³/mol. The van der Waals surface area contributed by atoms with E-state index in [1.165, 1.54) is 5.57 Å². The number of rotatable bonds is 4. The molecule has 1 aromatic rings. The lowest BCUT2D eigenvalue weighted by Crippen LogP contribution is -2.01. The number of hydrogen-bond acceptors (Lipinski definition) is 2. The van der Waals surface area contributed by atoms with Gasteiger partial charge in [0.1, 0.15) is 12.4 Å². The van der Waals surface area contributed by atoms with E-state index in [2.05, 4.69) is 18.2 Å². The average molecular weight is 249 g/mol. The summed E-state index contributed by atoms with van der Waals surface area (Å²) < 4.78 is 5.61. The fraction of sp³-hybridized carbons (Fsp3) is 0.214. The third kappa shape index (κ3) is 3.46. The Hall–Kier alpha value is -1.54. The molecule has 0 aliphatic heterocycles. The molecule has 0 heterocycles. The van der Waals surface area contributed by atoms with Crippen LogP contribution in [0.3, 0.4) is 0 Å². The molecule has 1 aliphatic rings.